The van der Waals surface area contributed by atoms with E-state index in [1.54, 1.807) is 6.07 Å². The minimum absolute atomic E-state index is 0.00874. The number of rotatable bonds is 3. The number of urea groups is 1. The van der Waals surface area contributed by atoms with Crippen LogP contribution in [0.25, 0.3) is 0 Å². The van der Waals surface area contributed by atoms with Crippen molar-refractivity contribution in [1.82, 2.24) is 9.80 Å². The Labute approximate surface area is 139 Å². The Morgan fingerprint density at radius 2 is 1.92 bits per heavy atom. The lowest BCUT2D eigenvalue weighted by Gasteiger charge is -2.32. The summed E-state index contributed by atoms with van der Waals surface area (Å²) in [5.74, 6) is -3.48. The first-order valence-corrected chi connectivity index (χ1v) is 8.37. The van der Waals surface area contributed by atoms with Gasteiger partial charge < -0.3 is 15.1 Å². The van der Waals surface area contributed by atoms with Gasteiger partial charge in [-0.15, -0.1) is 0 Å². The number of para-hydroxylation sites is 1. The molecule has 0 unspecified atom stereocenters. The molecular formula is C17H22F3N3O. The molecule has 1 N–H and O–H groups in total. The molecule has 0 aromatic heterocycles. The molecule has 1 aromatic rings. The number of likely N-dealkylation sites (tertiary alicyclic amines) is 2. The van der Waals surface area contributed by atoms with Crippen molar-refractivity contribution in [3.05, 3.63) is 30.1 Å². The van der Waals surface area contributed by atoms with E-state index in [-0.39, 0.29) is 12.1 Å². The second-order valence-electron chi connectivity index (χ2n) is 6.61. The lowest BCUT2D eigenvalue weighted by molar-refractivity contribution is 0.0147. The van der Waals surface area contributed by atoms with E-state index in [4.69, 9.17) is 0 Å². The first-order valence-electron chi connectivity index (χ1n) is 8.37. The van der Waals surface area contributed by atoms with E-state index in [2.05, 4.69) is 10.2 Å². The molecule has 132 valence electrons. The number of alkyl halides is 2. The van der Waals surface area contributed by atoms with E-state index in [9.17, 15) is 18.0 Å². The molecule has 2 amide bonds. The van der Waals surface area contributed by atoms with Crippen LogP contribution in [0, 0.1) is 5.82 Å². The molecule has 1 aromatic carbocycles. The Kier molecular flexibility index (Phi) is 4.99. The van der Waals surface area contributed by atoms with E-state index in [0.717, 1.165) is 37.3 Å². The largest absolute Gasteiger partial charge is 0.322 e. The third-order valence-electron chi connectivity index (χ3n) is 4.67. The second kappa shape index (κ2) is 7.01. The fourth-order valence-electron chi connectivity index (χ4n) is 3.49. The van der Waals surface area contributed by atoms with Crippen molar-refractivity contribution in [2.24, 2.45) is 0 Å². The van der Waals surface area contributed by atoms with Gasteiger partial charge in [-0.05, 0) is 38.1 Å². The van der Waals surface area contributed by atoms with Gasteiger partial charge in [-0.25, -0.2) is 18.0 Å². The standard InChI is InChI=1S/C17H22F3N3O/c18-14-6-2-3-7-15(14)21-16(24)23-12-17(19,20)10-13(23)11-22-8-4-1-5-9-22/h2-3,6-7,13H,1,4-5,8-12H2,(H,21,24)/t13-/m0/s1. The molecule has 2 aliphatic heterocycles. The predicted octanol–water partition coefficient (Wildman–Crippen LogP) is 3.55. The Morgan fingerprint density at radius 1 is 1.21 bits per heavy atom. The molecule has 2 aliphatic rings. The van der Waals surface area contributed by atoms with Crippen molar-refractivity contribution in [1.29, 1.82) is 0 Å². The van der Waals surface area contributed by atoms with E-state index in [1.807, 2.05) is 0 Å². The molecule has 24 heavy (non-hydrogen) atoms. The fourth-order valence-corrected chi connectivity index (χ4v) is 3.49. The number of amides is 2. The highest BCUT2D eigenvalue weighted by atomic mass is 19.3. The van der Waals surface area contributed by atoms with Crippen molar-refractivity contribution in [3.63, 3.8) is 0 Å². The molecular weight excluding hydrogens is 319 g/mol. The molecule has 7 heteroatoms. The molecule has 0 radical (unpaired) electrons. The van der Waals surface area contributed by atoms with Crippen LogP contribution in [0.15, 0.2) is 24.3 Å². The van der Waals surface area contributed by atoms with Gasteiger partial charge >= 0.3 is 6.03 Å². The topological polar surface area (TPSA) is 35.6 Å². The first kappa shape index (κ1) is 17.1. The number of hydrogen-bond acceptors (Lipinski definition) is 2. The van der Waals surface area contributed by atoms with Crippen LogP contribution in [0.2, 0.25) is 0 Å². The number of nitrogens with zero attached hydrogens (tertiary/aromatic N) is 2. The van der Waals surface area contributed by atoms with Gasteiger partial charge in [0.2, 0.25) is 0 Å². The van der Waals surface area contributed by atoms with Crippen molar-refractivity contribution in [2.45, 2.75) is 37.6 Å². The molecule has 0 spiro atoms. The zero-order chi connectivity index (χ0) is 17.2. The zero-order valence-corrected chi connectivity index (χ0v) is 13.5. The van der Waals surface area contributed by atoms with Gasteiger partial charge in [-0.1, -0.05) is 18.6 Å². The summed E-state index contributed by atoms with van der Waals surface area (Å²) in [6.45, 7) is 1.59. The predicted molar refractivity (Wildman–Crippen MR) is 85.8 cm³/mol. The van der Waals surface area contributed by atoms with Gasteiger partial charge in [0, 0.05) is 13.0 Å². The molecule has 2 fully saturated rings. The number of piperidine rings is 1. The van der Waals surface area contributed by atoms with Crippen LogP contribution >= 0.6 is 0 Å². The number of anilines is 1. The molecule has 0 saturated carbocycles. The van der Waals surface area contributed by atoms with Crippen molar-refractivity contribution < 1.29 is 18.0 Å². The first-order chi connectivity index (χ1) is 11.4. The van der Waals surface area contributed by atoms with E-state index in [1.165, 1.54) is 18.2 Å². The molecule has 0 aliphatic carbocycles. The van der Waals surface area contributed by atoms with Gasteiger partial charge in [0.25, 0.3) is 5.92 Å². The average Bonchev–Trinajstić information content (AvgIpc) is 2.85. The van der Waals surface area contributed by atoms with Gasteiger partial charge in [0.15, 0.2) is 0 Å². The summed E-state index contributed by atoms with van der Waals surface area (Å²) in [6.07, 6.45) is 2.94. The maximum atomic E-state index is 13.9. The van der Waals surface area contributed by atoms with E-state index in [0.29, 0.717) is 6.54 Å². The van der Waals surface area contributed by atoms with Crippen LogP contribution in [0.3, 0.4) is 0 Å². The smallest absolute Gasteiger partial charge is 0.314 e. The molecule has 0 bridgehead atoms. The maximum absolute atomic E-state index is 13.9. The van der Waals surface area contributed by atoms with E-state index >= 15 is 0 Å². The lowest BCUT2D eigenvalue weighted by Crippen LogP contribution is -2.46. The summed E-state index contributed by atoms with van der Waals surface area (Å²) < 4.78 is 41.4. The Balaban J connectivity index is 1.68. The Bertz CT molecular complexity index is 590. The summed E-state index contributed by atoms with van der Waals surface area (Å²) in [5.41, 5.74) is 0.00874. The lowest BCUT2D eigenvalue weighted by atomic mass is 10.1. The van der Waals surface area contributed by atoms with Crippen molar-refractivity contribution in [3.8, 4) is 0 Å². The summed E-state index contributed by atoms with van der Waals surface area (Å²) in [4.78, 5) is 15.7. The molecule has 4 nitrogen and oxygen atoms in total. The summed E-state index contributed by atoms with van der Waals surface area (Å²) in [6, 6.07) is 4.51. The van der Waals surface area contributed by atoms with Crippen molar-refractivity contribution >= 4 is 11.7 Å². The highest BCUT2D eigenvalue weighted by Gasteiger charge is 2.47. The summed E-state index contributed by atoms with van der Waals surface area (Å²) in [5, 5.41) is 2.42. The summed E-state index contributed by atoms with van der Waals surface area (Å²) >= 11 is 0. The average molecular weight is 341 g/mol. The number of carbonyl (C=O) groups is 1. The fraction of sp³-hybridized carbons (Fsp3) is 0.588. The van der Waals surface area contributed by atoms with Crippen LogP contribution in [0.4, 0.5) is 23.7 Å². The van der Waals surface area contributed by atoms with Gasteiger partial charge in [0.05, 0.1) is 18.3 Å². The number of benzene rings is 1. The van der Waals surface area contributed by atoms with E-state index < -0.39 is 30.4 Å². The Morgan fingerprint density at radius 3 is 2.62 bits per heavy atom. The number of hydrogen-bond donors (Lipinski definition) is 1. The normalized spacial score (nSPS) is 24.1. The van der Waals surface area contributed by atoms with Gasteiger partial charge in [0.1, 0.15) is 5.82 Å². The third-order valence-corrected chi connectivity index (χ3v) is 4.67. The van der Waals surface area contributed by atoms with Crippen LogP contribution in [-0.2, 0) is 0 Å². The second-order valence-corrected chi connectivity index (χ2v) is 6.61. The van der Waals surface area contributed by atoms with Crippen LogP contribution in [-0.4, -0.2) is 54.0 Å². The van der Waals surface area contributed by atoms with Gasteiger partial charge in [-0.3, -0.25) is 0 Å². The summed E-state index contributed by atoms with van der Waals surface area (Å²) in [7, 11) is 0. The third kappa shape index (κ3) is 4.01. The molecule has 2 heterocycles. The highest BCUT2D eigenvalue weighted by molar-refractivity contribution is 5.90. The molecule has 2 saturated heterocycles. The molecule has 3 rings (SSSR count). The van der Waals surface area contributed by atoms with Crippen LogP contribution in [0.5, 0.6) is 0 Å². The monoisotopic (exact) mass is 341 g/mol. The minimum Gasteiger partial charge on any atom is -0.314 e. The maximum Gasteiger partial charge on any atom is 0.322 e. The number of carbonyl (C=O) groups excluding carboxylic acids is 1. The SMILES string of the molecule is O=C(Nc1ccccc1F)N1CC(F)(F)C[C@H]1CN1CCCCC1. The molecule has 1 atom stereocenters. The number of nitrogens with one attached hydrogen (secondary N) is 1. The Hall–Kier alpha value is -1.76. The van der Waals surface area contributed by atoms with Gasteiger partial charge in [-0.2, -0.15) is 0 Å². The minimum atomic E-state index is -2.90. The highest BCUT2D eigenvalue weighted by Crippen LogP contribution is 2.33. The van der Waals surface area contributed by atoms with Crippen LogP contribution in [0.1, 0.15) is 25.7 Å². The van der Waals surface area contributed by atoms with Crippen LogP contribution < -0.4 is 5.32 Å². The quantitative estimate of drug-likeness (QED) is 0.913. The number of halogens is 3. The zero-order valence-electron chi connectivity index (χ0n) is 13.5. The van der Waals surface area contributed by atoms with Crippen molar-refractivity contribution in [2.75, 3.05) is 31.5 Å².